The lowest BCUT2D eigenvalue weighted by atomic mass is 9.85. The smallest absolute Gasteiger partial charge is 0.257 e. The lowest BCUT2D eigenvalue weighted by Crippen LogP contribution is -2.20. The van der Waals surface area contributed by atoms with E-state index < -0.39 is 12.5 Å². The zero-order chi connectivity index (χ0) is 11.6. The SMILES string of the molecule is CC(C)(C)c1cccc(C(N)C(F)F)c1. The molecule has 1 aromatic carbocycles. The molecule has 0 radical (unpaired) electrons. The largest absolute Gasteiger partial charge is 0.319 e. The van der Waals surface area contributed by atoms with Gasteiger partial charge >= 0.3 is 0 Å². The van der Waals surface area contributed by atoms with E-state index in [9.17, 15) is 8.78 Å². The van der Waals surface area contributed by atoms with Crippen LogP contribution >= 0.6 is 0 Å². The van der Waals surface area contributed by atoms with Crippen LogP contribution in [0.1, 0.15) is 37.9 Å². The van der Waals surface area contributed by atoms with E-state index in [1.807, 2.05) is 26.8 Å². The molecule has 0 saturated carbocycles. The van der Waals surface area contributed by atoms with Crippen LogP contribution < -0.4 is 5.73 Å². The Labute approximate surface area is 89.3 Å². The highest BCUT2D eigenvalue weighted by molar-refractivity contribution is 5.30. The monoisotopic (exact) mass is 213 g/mol. The molecule has 0 aromatic heterocycles. The Balaban J connectivity index is 3.03. The molecule has 0 amide bonds. The molecule has 0 fully saturated rings. The second kappa shape index (κ2) is 4.27. The van der Waals surface area contributed by atoms with Crippen molar-refractivity contribution in [2.75, 3.05) is 0 Å². The fourth-order valence-electron chi connectivity index (χ4n) is 1.36. The Morgan fingerprint density at radius 2 is 1.80 bits per heavy atom. The Kier molecular flexibility index (Phi) is 3.45. The van der Waals surface area contributed by atoms with Crippen molar-refractivity contribution in [3.8, 4) is 0 Å². The first kappa shape index (κ1) is 12.1. The highest BCUT2D eigenvalue weighted by atomic mass is 19.3. The van der Waals surface area contributed by atoms with Gasteiger partial charge in [-0.05, 0) is 16.5 Å². The van der Waals surface area contributed by atoms with E-state index in [0.29, 0.717) is 5.56 Å². The molecular formula is C12H17F2N. The first-order valence-electron chi connectivity index (χ1n) is 4.96. The van der Waals surface area contributed by atoms with Crippen LogP contribution in [0.2, 0.25) is 0 Å². The maximum absolute atomic E-state index is 12.4. The molecule has 1 rings (SSSR count). The highest BCUT2D eigenvalue weighted by Crippen LogP contribution is 2.26. The molecule has 0 aliphatic carbocycles. The number of hydrogen-bond acceptors (Lipinski definition) is 1. The third-order valence-electron chi connectivity index (χ3n) is 2.41. The molecular weight excluding hydrogens is 196 g/mol. The van der Waals surface area contributed by atoms with Crippen LogP contribution in [0.15, 0.2) is 24.3 Å². The van der Waals surface area contributed by atoms with Crippen molar-refractivity contribution in [2.45, 2.75) is 38.7 Å². The standard InChI is InChI=1S/C12H17F2N/c1-12(2,3)9-6-4-5-8(7-9)10(15)11(13)14/h4-7,10-11H,15H2,1-3H3. The third-order valence-corrected chi connectivity index (χ3v) is 2.41. The van der Waals surface area contributed by atoms with Gasteiger partial charge in [0.25, 0.3) is 6.43 Å². The third kappa shape index (κ3) is 2.99. The van der Waals surface area contributed by atoms with E-state index >= 15 is 0 Å². The molecule has 3 heteroatoms. The minimum atomic E-state index is -2.51. The summed E-state index contributed by atoms with van der Waals surface area (Å²) >= 11 is 0. The van der Waals surface area contributed by atoms with E-state index in [1.165, 1.54) is 0 Å². The molecule has 1 aromatic rings. The average Bonchev–Trinajstić information content (AvgIpc) is 2.15. The van der Waals surface area contributed by atoms with Crippen LogP contribution in [0.4, 0.5) is 8.78 Å². The number of hydrogen-bond donors (Lipinski definition) is 1. The number of rotatable bonds is 2. The Morgan fingerprint density at radius 1 is 1.20 bits per heavy atom. The van der Waals surface area contributed by atoms with E-state index in [-0.39, 0.29) is 5.41 Å². The molecule has 1 atom stereocenters. The Hall–Kier alpha value is -0.960. The maximum Gasteiger partial charge on any atom is 0.257 e. The van der Waals surface area contributed by atoms with Gasteiger partial charge < -0.3 is 5.73 Å². The number of alkyl halides is 2. The maximum atomic E-state index is 12.4. The first-order chi connectivity index (χ1) is 6.82. The summed E-state index contributed by atoms with van der Waals surface area (Å²) in [4.78, 5) is 0. The summed E-state index contributed by atoms with van der Waals surface area (Å²) in [6, 6.07) is 5.93. The van der Waals surface area contributed by atoms with E-state index in [0.717, 1.165) is 5.56 Å². The van der Waals surface area contributed by atoms with Gasteiger partial charge in [0.2, 0.25) is 0 Å². The molecule has 0 heterocycles. The quantitative estimate of drug-likeness (QED) is 0.801. The second-order valence-corrected chi connectivity index (χ2v) is 4.74. The second-order valence-electron chi connectivity index (χ2n) is 4.74. The molecule has 0 bridgehead atoms. The zero-order valence-corrected chi connectivity index (χ0v) is 9.30. The van der Waals surface area contributed by atoms with Crippen LogP contribution in [-0.2, 0) is 5.41 Å². The van der Waals surface area contributed by atoms with Gasteiger partial charge in [-0.15, -0.1) is 0 Å². The van der Waals surface area contributed by atoms with Crippen LogP contribution in [0, 0.1) is 0 Å². The van der Waals surface area contributed by atoms with Crippen molar-refractivity contribution in [3.63, 3.8) is 0 Å². The van der Waals surface area contributed by atoms with E-state index in [4.69, 9.17) is 5.73 Å². The minimum Gasteiger partial charge on any atom is -0.319 e. The predicted octanol–water partition coefficient (Wildman–Crippen LogP) is 3.25. The van der Waals surface area contributed by atoms with Crippen molar-refractivity contribution in [1.29, 1.82) is 0 Å². The molecule has 84 valence electrons. The summed E-state index contributed by atoms with van der Waals surface area (Å²) in [5, 5.41) is 0. The number of benzene rings is 1. The summed E-state index contributed by atoms with van der Waals surface area (Å²) in [6.07, 6.45) is -2.51. The fourth-order valence-corrected chi connectivity index (χ4v) is 1.36. The molecule has 15 heavy (non-hydrogen) atoms. The van der Waals surface area contributed by atoms with Gasteiger partial charge in [0.1, 0.15) is 0 Å². The van der Waals surface area contributed by atoms with Gasteiger partial charge in [-0.3, -0.25) is 0 Å². The van der Waals surface area contributed by atoms with Crippen molar-refractivity contribution >= 4 is 0 Å². The molecule has 0 saturated heterocycles. The Morgan fingerprint density at radius 3 is 2.27 bits per heavy atom. The lowest BCUT2D eigenvalue weighted by Gasteiger charge is -2.21. The van der Waals surface area contributed by atoms with Gasteiger partial charge in [-0.2, -0.15) is 0 Å². The molecule has 0 spiro atoms. The normalized spacial score (nSPS) is 14.3. The summed E-state index contributed by atoms with van der Waals surface area (Å²) in [7, 11) is 0. The topological polar surface area (TPSA) is 26.0 Å². The van der Waals surface area contributed by atoms with E-state index in [2.05, 4.69) is 0 Å². The molecule has 0 aliphatic rings. The first-order valence-corrected chi connectivity index (χ1v) is 4.96. The van der Waals surface area contributed by atoms with Crippen LogP contribution in [0.3, 0.4) is 0 Å². The van der Waals surface area contributed by atoms with Crippen LogP contribution in [0.5, 0.6) is 0 Å². The summed E-state index contributed by atoms with van der Waals surface area (Å²) in [5.41, 5.74) is 6.88. The van der Waals surface area contributed by atoms with Gasteiger partial charge in [0, 0.05) is 0 Å². The van der Waals surface area contributed by atoms with Crippen molar-refractivity contribution in [3.05, 3.63) is 35.4 Å². The molecule has 0 aliphatic heterocycles. The molecule has 1 nitrogen and oxygen atoms in total. The van der Waals surface area contributed by atoms with Crippen LogP contribution in [-0.4, -0.2) is 6.43 Å². The Bertz CT molecular complexity index is 329. The molecule has 2 N–H and O–H groups in total. The van der Waals surface area contributed by atoms with Crippen molar-refractivity contribution < 1.29 is 8.78 Å². The summed E-state index contributed by atoms with van der Waals surface area (Å²) < 4.78 is 24.8. The number of halogens is 2. The van der Waals surface area contributed by atoms with E-state index in [1.54, 1.807) is 18.2 Å². The summed E-state index contributed by atoms with van der Waals surface area (Å²) in [5.74, 6) is 0. The van der Waals surface area contributed by atoms with Gasteiger partial charge in [0.15, 0.2) is 0 Å². The predicted molar refractivity (Wildman–Crippen MR) is 58.1 cm³/mol. The van der Waals surface area contributed by atoms with Crippen LogP contribution in [0.25, 0.3) is 0 Å². The minimum absolute atomic E-state index is 0.0438. The van der Waals surface area contributed by atoms with Crippen molar-refractivity contribution in [2.24, 2.45) is 5.73 Å². The van der Waals surface area contributed by atoms with Gasteiger partial charge in [-0.25, -0.2) is 8.78 Å². The van der Waals surface area contributed by atoms with Gasteiger partial charge in [0.05, 0.1) is 6.04 Å². The molecule has 1 unspecified atom stereocenters. The van der Waals surface area contributed by atoms with Crippen molar-refractivity contribution in [1.82, 2.24) is 0 Å². The average molecular weight is 213 g/mol. The fraction of sp³-hybridized carbons (Fsp3) is 0.500. The highest BCUT2D eigenvalue weighted by Gasteiger charge is 2.20. The number of nitrogens with two attached hydrogens (primary N) is 1. The lowest BCUT2D eigenvalue weighted by molar-refractivity contribution is 0.116. The zero-order valence-electron chi connectivity index (χ0n) is 9.30. The van der Waals surface area contributed by atoms with Gasteiger partial charge in [-0.1, -0.05) is 45.0 Å². The summed E-state index contributed by atoms with van der Waals surface area (Å²) in [6.45, 7) is 6.13.